The molecule has 18 heavy (non-hydrogen) atoms. The van der Waals surface area contributed by atoms with Gasteiger partial charge in [-0.05, 0) is 31.4 Å². The van der Waals surface area contributed by atoms with Gasteiger partial charge in [0, 0.05) is 6.04 Å². The Hall–Kier alpha value is -1.71. The van der Waals surface area contributed by atoms with Gasteiger partial charge in [0.25, 0.3) is 5.91 Å². The second-order valence-electron chi connectivity index (χ2n) is 4.83. The van der Waals surface area contributed by atoms with E-state index >= 15 is 0 Å². The number of benzene rings is 1. The van der Waals surface area contributed by atoms with Crippen LogP contribution in [0.2, 0.25) is 0 Å². The number of rotatable bonds is 4. The lowest BCUT2D eigenvalue weighted by Crippen LogP contribution is -2.36. The minimum atomic E-state index is -0.0652. The predicted octanol–water partition coefficient (Wildman–Crippen LogP) is 2.01. The van der Waals surface area contributed by atoms with E-state index in [-0.39, 0.29) is 12.5 Å². The molecule has 0 saturated heterocycles. The van der Waals surface area contributed by atoms with Crippen molar-refractivity contribution in [2.24, 2.45) is 0 Å². The van der Waals surface area contributed by atoms with E-state index in [1.807, 2.05) is 19.1 Å². The first-order valence-electron chi connectivity index (χ1n) is 6.44. The zero-order chi connectivity index (χ0) is 13.0. The van der Waals surface area contributed by atoms with Crippen LogP contribution in [0, 0.1) is 6.92 Å². The number of carbonyl (C=O) groups excluding carboxylic acids is 1. The van der Waals surface area contributed by atoms with Gasteiger partial charge in [-0.15, -0.1) is 0 Å². The highest BCUT2D eigenvalue weighted by Crippen LogP contribution is 2.25. The third kappa shape index (κ3) is 3.15. The highest BCUT2D eigenvalue weighted by Gasteiger charge is 2.17. The van der Waals surface area contributed by atoms with E-state index in [9.17, 15) is 4.79 Å². The molecular formula is C14H20N2O2. The summed E-state index contributed by atoms with van der Waals surface area (Å²) in [6.45, 7) is 1.95. The minimum absolute atomic E-state index is 0.0333. The summed E-state index contributed by atoms with van der Waals surface area (Å²) in [6.07, 6.45) is 4.57. The molecule has 0 bridgehead atoms. The molecule has 98 valence electrons. The molecule has 0 atom stereocenters. The quantitative estimate of drug-likeness (QED) is 0.801. The van der Waals surface area contributed by atoms with Gasteiger partial charge in [0.05, 0.1) is 5.69 Å². The molecule has 1 aromatic carbocycles. The topological polar surface area (TPSA) is 64.3 Å². The molecule has 1 aromatic rings. The number of hydrogen-bond donors (Lipinski definition) is 2. The van der Waals surface area contributed by atoms with Crippen LogP contribution in [-0.2, 0) is 4.79 Å². The fourth-order valence-corrected chi connectivity index (χ4v) is 2.35. The average Bonchev–Trinajstić information content (AvgIpc) is 2.81. The molecule has 0 heterocycles. The van der Waals surface area contributed by atoms with E-state index < -0.39 is 0 Å². The summed E-state index contributed by atoms with van der Waals surface area (Å²) in [6, 6.07) is 5.89. The average molecular weight is 248 g/mol. The number of nitrogen functional groups attached to an aromatic ring is 1. The molecule has 1 fully saturated rings. The summed E-state index contributed by atoms with van der Waals surface area (Å²) < 4.78 is 5.50. The van der Waals surface area contributed by atoms with E-state index in [0.717, 1.165) is 18.4 Å². The highest BCUT2D eigenvalue weighted by atomic mass is 16.5. The van der Waals surface area contributed by atoms with Gasteiger partial charge in [-0.2, -0.15) is 0 Å². The molecule has 1 aliphatic rings. The number of nitrogens with two attached hydrogens (primary N) is 1. The zero-order valence-electron chi connectivity index (χ0n) is 10.7. The van der Waals surface area contributed by atoms with Gasteiger partial charge in [-0.1, -0.05) is 25.0 Å². The van der Waals surface area contributed by atoms with Crippen molar-refractivity contribution >= 4 is 11.6 Å². The van der Waals surface area contributed by atoms with Crippen LogP contribution in [0.25, 0.3) is 0 Å². The Balaban J connectivity index is 1.85. The number of ether oxygens (including phenoxy) is 1. The van der Waals surface area contributed by atoms with Crippen LogP contribution in [0.15, 0.2) is 18.2 Å². The van der Waals surface area contributed by atoms with E-state index in [0.29, 0.717) is 17.5 Å². The Kier molecular flexibility index (Phi) is 4.07. The maximum atomic E-state index is 11.7. The van der Waals surface area contributed by atoms with Crippen LogP contribution < -0.4 is 15.8 Å². The Morgan fingerprint density at radius 3 is 2.83 bits per heavy atom. The van der Waals surface area contributed by atoms with Crippen molar-refractivity contribution in [3.8, 4) is 5.75 Å². The maximum absolute atomic E-state index is 11.7. The van der Waals surface area contributed by atoms with Crippen LogP contribution in [0.5, 0.6) is 5.75 Å². The summed E-state index contributed by atoms with van der Waals surface area (Å²) in [5.41, 5.74) is 7.34. The van der Waals surface area contributed by atoms with Crippen molar-refractivity contribution in [3.63, 3.8) is 0 Å². The van der Waals surface area contributed by atoms with Crippen molar-refractivity contribution in [2.45, 2.75) is 38.6 Å². The molecule has 0 radical (unpaired) electrons. The number of carbonyl (C=O) groups is 1. The number of para-hydroxylation sites is 1. The molecule has 1 aliphatic carbocycles. The lowest BCUT2D eigenvalue weighted by molar-refractivity contribution is -0.123. The van der Waals surface area contributed by atoms with E-state index in [4.69, 9.17) is 10.5 Å². The van der Waals surface area contributed by atoms with Gasteiger partial charge in [0.1, 0.15) is 5.75 Å². The fourth-order valence-electron chi connectivity index (χ4n) is 2.35. The molecule has 0 unspecified atom stereocenters. The van der Waals surface area contributed by atoms with Crippen LogP contribution in [0.4, 0.5) is 5.69 Å². The van der Waals surface area contributed by atoms with Gasteiger partial charge >= 0.3 is 0 Å². The van der Waals surface area contributed by atoms with Gasteiger partial charge in [-0.25, -0.2) is 0 Å². The van der Waals surface area contributed by atoms with E-state index in [1.165, 1.54) is 12.8 Å². The Morgan fingerprint density at radius 1 is 1.44 bits per heavy atom. The van der Waals surface area contributed by atoms with Crippen LogP contribution in [-0.4, -0.2) is 18.6 Å². The summed E-state index contributed by atoms with van der Waals surface area (Å²) in [7, 11) is 0. The molecule has 0 spiro atoms. The third-order valence-corrected chi connectivity index (χ3v) is 3.31. The number of amides is 1. The second-order valence-corrected chi connectivity index (χ2v) is 4.83. The third-order valence-electron chi connectivity index (χ3n) is 3.31. The van der Waals surface area contributed by atoms with Crippen molar-refractivity contribution < 1.29 is 9.53 Å². The molecule has 1 amide bonds. The standard InChI is InChI=1S/C14H20N2O2/c1-10-5-4-8-12(15)14(10)18-9-13(17)16-11-6-2-3-7-11/h4-5,8,11H,2-3,6-7,9,15H2,1H3,(H,16,17). The number of nitrogens with one attached hydrogen (secondary N) is 1. The number of hydrogen-bond acceptors (Lipinski definition) is 3. The largest absolute Gasteiger partial charge is 0.481 e. The predicted molar refractivity (Wildman–Crippen MR) is 71.5 cm³/mol. The van der Waals surface area contributed by atoms with Gasteiger partial charge in [0.2, 0.25) is 0 Å². The fraction of sp³-hybridized carbons (Fsp3) is 0.500. The lowest BCUT2D eigenvalue weighted by atomic mass is 10.2. The molecule has 4 nitrogen and oxygen atoms in total. The molecule has 4 heteroatoms. The van der Waals surface area contributed by atoms with Crippen molar-refractivity contribution in [1.29, 1.82) is 0 Å². The minimum Gasteiger partial charge on any atom is -0.481 e. The van der Waals surface area contributed by atoms with E-state index in [1.54, 1.807) is 6.07 Å². The van der Waals surface area contributed by atoms with Crippen molar-refractivity contribution in [2.75, 3.05) is 12.3 Å². The van der Waals surface area contributed by atoms with Gasteiger partial charge in [-0.3, -0.25) is 4.79 Å². The van der Waals surface area contributed by atoms with Crippen molar-refractivity contribution in [3.05, 3.63) is 23.8 Å². The summed E-state index contributed by atoms with van der Waals surface area (Å²) in [4.78, 5) is 11.7. The molecule has 2 rings (SSSR count). The number of aryl methyl sites for hydroxylation is 1. The molecule has 0 aliphatic heterocycles. The highest BCUT2D eigenvalue weighted by molar-refractivity contribution is 5.78. The SMILES string of the molecule is Cc1cccc(N)c1OCC(=O)NC1CCCC1. The summed E-state index contributed by atoms with van der Waals surface area (Å²) >= 11 is 0. The van der Waals surface area contributed by atoms with Crippen LogP contribution >= 0.6 is 0 Å². The van der Waals surface area contributed by atoms with Gasteiger partial charge < -0.3 is 15.8 Å². The summed E-state index contributed by atoms with van der Waals surface area (Å²) in [5.74, 6) is 0.545. The Morgan fingerprint density at radius 2 is 2.17 bits per heavy atom. The van der Waals surface area contributed by atoms with Crippen LogP contribution in [0.3, 0.4) is 0 Å². The molecular weight excluding hydrogens is 228 g/mol. The first-order chi connectivity index (χ1) is 8.66. The van der Waals surface area contributed by atoms with Crippen LogP contribution in [0.1, 0.15) is 31.2 Å². The van der Waals surface area contributed by atoms with E-state index in [2.05, 4.69) is 5.32 Å². The number of anilines is 1. The second kappa shape index (κ2) is 5.76. The lowest BCUT2D eigenvalue weighted by Gasteiger charge is -2.14. The first kappa shape index (κ1) is 12.7. The van der Waals surface area contributed by atoms with Gasteiger partial charge in [0.15, 0.2) is 6.61 Å². The Bertz CT molecular complexity index is 406. The van der Waals surface area contributed by atoms with Crippen molar-refractivity contribution in [1.82, 2.24) is 5.32 Å². The molecule has 0 aromatic heterocycles. The molecule has 1 saturated carbocycles. The maximum Gasteiger partial charge on any atom is 0.258 e. The normalized spacial score (nSPS) is 15.6. The first-order valence-corrected chi connectivity index (χ1v) is 6.44. The Labute approximate surface area is 108 Å². The zero-order valence-corrected chi connectivity index (χ0v) is 10.7. The molecule has 3 N–H and O–H groups in total. The summed E-state index contributed by atoms with van der Waals surface area (Å²) in [5, 5.41) is 2.98. The monoisotopic (exact) mass is 248 g/mol. The smallest absolute Gasteiger partial charge is 0.258 e.